The van der Waals surface area contributed by atoms with Gasteiger partial charge in [0.1, 0.15) is 5.69 Å². The molecule has 0 bridgehead atoms. The summed E-state index contributed by atoms with van der Waals surface area (Å²) in [6, 6.07) is 3.65. The Morgan fingerprint density at radius 3 is 2.75 bits per heavy atom. The molecule has 1 heterocycles. The summed E-state index contributed by atoms with van der Waals surface area (Å²) in [4.78, 5) is 15.7. The van der Waals surface area contributed by atoms with E-state index in [1.807, 2.05) is 13.0 Å². The van der Waals surface area contributed by atoms with E-state index in [4.69, 9.17) is 0 Å². The lowest BCUT2D eigenvalue weighted by Gasteiger charge is -2.06. The molecule has 4 heteroatoms. The molecule has 1 amide bonds. The van der Waals surface area contributed by atoms with Crippen molar-refractivity contribution in [2.75, 3.05) is 18.4 Å². The SMILES string of the molecule is CCCNC(=O)c1cc(NCCC)ccn1. The number of hydrogen-bond donors (Lipinski definition) is 2. The number of amides is 1. The van der Waals surface area contributed by atoms with Gasteiger partial charge in [0.05, 0.1) is 0 Å². The lowest BCUT2D eigenvalue weighted by molar-refractivity contribution is 0.0949. The molecule has 0 atom stereocenters. The standard InChI is InChI=1S/C12H19N3O/c1-3-6-13-10-5-8-14-11(9-10)12(16)15-7-4-2/h5,8-9H,3-4,6-7H2,1-2H3,(H,13,14)(H,15,16). The van der Waals surface area contributed by atoms with Crippen LogP contribution >= 0.6 is 0 Å². The number of aromatic nitrogens is 1. The Labute approximate surface area is 96.5 Å². The molecule has 88 valence electrons. The lowest BCUT2D eigenvalue weighted by Crippen LogP contribution is -2.25. The van der Waals surface area contributed by atoms with E-state index in [-0.39, 0.29) is 5.91 Å². The second-order valence-electron chi connectivity index (χ2n) is 3.61. The topological polar surface area (TPSA) is 54.0 Å². The number of rotatable bonds is 6. The van der Waals surface area contributed by atoms with Gasteiger partial charge < -0.3 is 10.6 Å². The van der Waals surface area contributed by atoms with Crippen LogP contribution in [-0.2, 0) is 0 Å². The summed E-state index contributed by atoms with van der Waals surface area (Å²) in [5.41, 5.74) is 1.41. The molecule has 0 aliphatic heterocycles. The Morgan fingerprint density at radius 2 is 2.06 bits per heavy atom. The van der Waals surface area contributed by atoms with Gasteiger partial charge in [-0.2, -0.15) is 0 Å². The van der Waals surface area contributed by atoms with Crippen LogP contribution in [0.25, 0.3) is 0 Å². The van der Waals surface area contributed by atoms with Crippen molar-refractivity contribution in [1.29, 1.82) is 0 Å². The highest BCUT2D eigenvalue weighted by Gasteiger charge is 2.06. The van der Waals surface area contributed by atoms with Crippen molar-refractivity contribution >= 4 is 11.6 Å². The zero-order valence-corrected chi connectivity index (χ0v) is 9.92. The highest BCUT2D eigenvalue weighted by Crippen LogP contribution is 2.07. The summed E-state index contributed by atoms with van der Waals surface area (Å²) in [5, 5.41) is 6.03. The first-order valence-corrected chi connectivity index (χ1v) is 5.76. The summed E-state index contributed by atoms with van der Waals surface area (Å²) >= 11 is 0. The molecule has 0 unspecified atom stereocenters. The van der Waals surface area contributed by atoms with Crippen molar-refractivity contribution < 1.29 is 4.79 Å². The van der Waals surface area contributed by atoms with E-state index in [2.05, 4.69) is 22.5 Å². The molecule has 1 aromatic heterocycles. The van der Waals surface area contributed by atoms with Gasteiger partial charge in [0, 0.05) is 25.0 Å². The molecule has 0 fully saturated rings. The maximum Gasteiger partial charge on any atom is 0.269 e. The van der Waals surface area contributed by atoms with Crippen molar-refractivity contribution in [3.63, 3.8) is 0 Å². The van der Waals surface area contributed by atoms with E-state index in [1.54, 1.807) is 12.3 Å². The Bertz CT molecular complexity index is 339. The molecule has 4 nitrogen and oxygen atoms in total. The number of carbonyl (C=O) groups excluding carboxylic acids is 1. The molecule has 0 saturated carbocycles. The third-order valence-electron chi connectivity index (χ3n) is 2.11. The van der Waals surface area contributed by atoms with Crippen molar-refractivity contribution in [2.45, 2.75) is 26.7 Å². The molecule has 1 rings (SSSR count). The Hall–Kier alpha value is -1.58. The smallest absolute Gasteiger partial charge is 0.269 e. The number of hydrogen-bond acceptors (Lipinski definition) is 3. The van der Waals surface area contributed by atoms with Gasteiger partial charge in [-0.3, -0.25) is 9.78 Å². The maximum atomic E-state index is 11.6. The minimum atomic E-state index is -0.109. The van der Waals surface area contributed by atoms with Crippen LogP contribution in [0.2, 0.25) is 0 Å². The van der Waals surface area contributed by atoms with Crippen molar-refractivity contribution in [1.82, 2.24) is 10.3 Å². The average molecular weight is 221 g/mol. The zero-order valence-electron chi connectivity index (χ0n) is 9.92. The monoisotopic (exact) mass is 221 g/mol. The summed E-state index contributed by atoms with van der Waals surface area (Å²) < 4.78 is 0. The third-order valence-corrected chi connectivity index (χ3v) is 2.11. The first kappa shape index (κ1) is 12.5. The summed E-state index contributed by atoms with van der Waals surface area (Å²) in [6.07, 6.45) is 3.64. The van der Waals surface area contributed by atoms with E-state index < -0.39 is 0 Å². The zero-order chi connectivity index (χ0) is 11.8. The lowest BCUT2D eigenvalue weighted by atomic mass is 10.3. The molecule has 0 aliphatic carbocycles. The van der Waals surface area contributed by atoms with Crippen LogP contribution in [0.4, 0.5) is 5.69 Å². The summed E-state index contributed by atoms with van der Waals surface area (Å²) in [6.45, 7) is 5.71. The molecule has 16 heavy (non-hydrogen) atoms. The molecule has 2 N–H and O–H groups in total. The number of nitrogens with zero attached hydrogens (tertiary/aromatic N) is 1. The predicted molar refractivity (Wildman–Crippen MR) is 65.6 cm³/mol. The third kappa shape index (κ3) is 3.88. The van der Waals surface area contributed by atoms with Crippen LogP contribution in [0.5, 0.6) is 0 Å². The van der Waals surface area contributed by atoms with Crippen LogP contribution in [0.3, 0.4) is 0 Å². The van der Waals surface area contributed by atoms with E-state index in [0.29, 0.717) is 12.2 Å². The molecular weight excluding hydrogens is 202 g/mol. The molecule has 0 aliphatic rings. The molecule has 1 aromatic rings. The maximum absolute atomic E-state index is 11.6. The van der Waals surface area contributed by atoms with Crippen LogP contribution in [0, 0.1) is 0 Å². The highest BCUT2D eigenvalue weighted by molar-refractivity contribution is 5.93. The first-order chi connectivity index (χ1) is 7.77. The summed E-state index contributed by atoms with van der Waals surface area (Å²) in [7, 11) is 0. The fourth-order valence-corrected chi connectivity index (χ4v) is 1.26. The second kappa shape index (κ2) is 6.82. The van der Waals surface area contributed by atoms with Crippen molar-refractivity contribution in [3.05, 3.63) is 24.0 Å². The minimum absolute atomic E-state index is 0.109. The van der Waals surface area contributed by atoms with Crippen LogP contribution < -0.4 is 10.6 Å². The van der Waals surface area contributed by atoms with Gasteiger partial charge in [-0.25, -0.2) is 0 Å². The molecule has 0 spiro atoms. The van der Waals surface area contributed by atoms with Gasteiger partial charge in [-0.05, 0) is 25.0 Å². The fourth-order valence-electron chi connectivity index (χ4n) is 1.26. The number of anilines is 1. The molecule has 0 radical (unpaired) electrons. The minimum Gasteiger partial charge on any atom is -0.385 e. The Morgan fingerprint density at radius 1 is 1.31 bits per heavy atom. The van der Waals surface area contributed by atoms with Gasteiger partial charge in [-0.15, -0.1) is 0 Å². The number of pyridine rings is 1. The molecule has 0 saturated heterocycles. The van der Waals surface area contributed by atoms with Gasteiger partial charge in [-0.1, -0.05) is 13.8 Å². The predicted octanol–water partition coefficient (Wildman–Crippen LogP) is 2.04. The van der Waals surface area contributed by atoms with E-state index in [9.17, 15) is 4.79 Å². The van der Waals surface area contributed by atoms with E-state index in [1.165, 1.54) is 0 Å². The summed E-state index contributed by atoms with van der Waals surface area (Å²) in [5.74, 6) is -0.109. The molecule has 0 aromatic carbocycles. The van der Waals surface area contributed by atoms with Crippen LogP contribution in [0.15, 0.2) is 18.3 Å². The largest absolute Gasteiger partial charge is 0.385 e. The van der Waals surface area contributed by atoms with Crippen LogP contribution in [0.1, 0.15) is 37.2 Å². The van der Waals surface area contributed by atoms with Gasteiger partial charge in [0.15, 0.2) is 0 Å². The normalized spacial score (nSPS) is 9.88. The second-order valence-corrected chi connectivity index (χ2v) is 3.61. The van der Waals surface area contributed by atoms with Gasteiger partial charge in [0.25, 0.3) is 5.91 Å². The molecular formula is C12H19N3O. The van der Waals surface area contributed by atoms with Gasteiger partial charge >= 0.3 is 0 Å². The van der Waals surface area contributed by atoms with E-state index >= 15 is 0 Å². The Kier molecular flexibility index (Phi) is 5.32. The fraction of sp³-hybridized carbons (Fsp3) is 0.500. The quantitative estimate of drug-likeness (QED) is 0.773. The van der Waals surface area contributed by atoms with E-state index in [0.717, 1.165) is 25.1 Å². The van der Waals surface area contributed by atoms with Gasteiger partial charge in [0.2, 0.25) is 0 Å². The first-order valence-electron chi connectivity index (χ1n) is 5.76. The Balaban J connectivity index is 2.62. The van der Waals surface area contributed by atoms with Crippen LogP contribution in [-0.4, -0.2) is 24.0 Å². The average Bonchev–Trinajstić information content (AvgIpc) is 2.33. The number of nitrogens with one attached hydrogen (secondary N) is 2. The van der Waals surface area contributed by atoms with Crippen molar-refractivity contribution in [3.8, 4) is 0 Å². The highest BCUT2D eigenvalue weighted by atomic mass is 16.1. The number of carbonyl (C=O) groups is 1. The van der Waals surface area contributed by atoms with Crippen molar-refractivity contribution in [2.24, 2.45) is 0 Å².